The third-order valence-corrected chi connectivity index (χ3v) is 4.31. The lowest BCUT2D eigenvalue weighted by Gasteiger charge is -2.35. The van der Waals surface area contributed by atoms with Crippen molar-refractivity contribution in [2.24, 2.45) is 0 Å². The number of carbonyl (C=O) groups excluding carboxylic acids is 1. The standard InChI is InChI=1S/C18H25NO5/c1-13-6-8-15(16(11-13)23-2)24-12-17(20)19-10-4-3-5-14(19)7-9-18(21)22/h6,8,11,14H,3-5,7,9-10,12H2,1-2H3,(H,21,22)/t14-/m1/s1. The predicted octanol–water partition coefficient (Wildman–Crippen LogP) is 2.63. The number of hydrogen-bond acceptors (Lipinski definition) is 4. The molecule has 0 aliphatic carbocycles. The number of hydrogen-bond donors (Lipinski definition) is 1. The van der Waals surface area contributed by atoms with E-state index in [1.165, 1.54) is 0 Å². The third-order valence-electron chi connectivity index (χ3n) is 4.31. The van der Waals surface area contributed by atoms with Crippen LogP contribution in [0, 0.1) is 6.92 Å². The third kappa shape index (κ3) is 4.88. The van der Waals surface area contributed by atoms with Crippen LogP contribution in [0.3, 0.4) is 0 Å². The maximum Gasteiger partial charge on any atom is 0.303 e. The fourth-order valence-corrected chi connectivity index (χ4v) is 3.04. The van der Waals surface area contributed by atoms with E-state index >= 15 is 0 Å². The quantitative estimate of drug-likeness (QED) is 0.829. The van der Waals surface area contributed by atoms with Crippen molar-refractivity contribution in [2.45, 2.75) is 45.1 Å². The highest BCUT2D eigenvalue weighted by Gasteiger charge is 2.27. The van der Waals surface area contributed by atoms with Gasteiger partial charge in [-0.05, 0) is 50.3 Å². The zero-order valence-corrected chi connectivity index (χ0v) is 14.3. The van der Waals surface area contributed by atoms with Gasteiger partial charge in [0.05, 0.1) is 7.11 Å². The highest BCUT2D eigenvalue weighted by atomic mass is 16.5. The van der Waals surface area contributed by atoms with Crippen molar-refractivity contribution in [3.8, 4) is 11.5 Å². The summed E-state index contributed by atoms with van der Waals surface area (Å²) in [6.45, 7) is 2.55. The van der Waals surface area contributed by atoms with Gasteiger partial charge in [0.2, 0.25) is 0 Å². The van der Waals surface area contributed by atoms with Gasteiger partial charge in [-0.25, -0.2) is 0 Å². The molecule has 6 heteroatoms. The number of nitrogens with zero attached hydrogens (tertiary/aromatic N) is 1. The van der Waals surface area contributed by atoms with E-state index in [9.17, 15) is 9.59 Å². The molecule has 1 amide bonds. The smallest absolute Gasteiger partial charge is 0.303 e. The van der Waals surface area contributed by atoms with Crippen LogP contribution >= 0.6 is 0 Å². The summed E-state index contributed by atoms with van der Waals surface area (Å²) in [5.41, 5.74) is 1.05. The Hall–Kier alpha value is -2.24. The monoisotopic (exact) mass is 335 g/mol. The van der Waals surface area contributed by atoms with E-state index in [0.717, 1.165) is 24.8 Å². The van der Waals surface area contributed by atoms with Crippen LogP contribution in [0.2, 0.25) is 0 Å². The number of ether oxygens (including phenoxy) is 2. The van der Waals surface area contributed by atoms with Crippen LogP contribution in [-0.4, -0.2) is 48.2 Å². The maximum absolute atomic E-state index is 12.5. The molecule has 24 heavy (non-hydrogen) atoms. The average Bonchev–Trinajstić information content (AvgIpc) is 2.58. The van der Waals surface area contributed by atoms with E-state index in [2.05, 4.69) is 0 Å². The van der Waals surface area contributed by atoms with Gasteiger partial charge in [-0.3, -0.25) is 9.59 Å². The molecule has 132 valence electrons. The van der Waals surface area contributed by atoms with Gasteiger partial charge >= 0.3 is 5.97 Å². The van der Waals surface area contributed by atoms with Crippen LogP contribution in [0.5, 0.6) is 11.5 Å². The van der Waals surface area contributed by atoms with Crippen molar-refractivity contribution in [1.82, 2.24) is 4.90 Å². The number of benzene rings is 1. The van der Waals surface area contributed by atoms with Gasteiger partial charge in [-0.15, -0.1) is 0 Å². The summed E-state index contributed by atoms with van der Waals surface area (Å²) in [6, 6.07) is 5.54. The molecule has 1 fully saturated rings. The Morgan fingerprint density at radius 1 is 1.29 bits per heavy atom. The van der Waals surface area contributed by atoms with Gasteiger partial charge in [0, 0.05) is 19.0 Å². The summed E-state index contributed by atoms with van der Waals surface area (Å²) in [5.74, 6) is 0.209. The average molecular weight is 335 g/mol. The van der Waals surface area contributed by atoms with E-state index in [0.29, 0.717) is 24.5 Å². The molecule has 0 spiro atoms. The van der Waals surface area contributed by atoms with Crippen LogP contribution in [0.1, 0.15) is 37.7 Å². The molecule has 2 rings (SSSR count). The van der Waals surface area contributed by atoms with Gasteiger partial charge in [0.1, 0.15) is 0 Å². The second kappa shape index (κ2) is 8.57. The topological polar surface area (TPSA) is 76.1 Å². The molecule has 0 unspecified atom stereocenters. The molecule has 1 aliphatic heterocycles. The SMILES string of the molecule is COc1cc(C)ccc1OCC(=O)N1CCCC[C@@H]1CCC(=O)O. The molecule has 0 bridgehead atoms. The van der Waals surface area contributed by atoms with Crippen LogP contribution < -0.4 is 9.47 Å². The Morgan fingerprint density at radius 3 is 2.79 bits per heavy atom. The molecule has 1 saturated heterocycles. The van der Waals surface area contributed by atoms with Crippen molar-refractivity contribution >= 4 is 11.9 Å². The molecule has 1 atom stereocenters. The Bertz CT molecular complexity index is 587. The number of rotatable bonds is 7. The van der Waals surface area contributed by atoms with Crippen LogP contribution in [0.25, 0.3) is 0 Å². The van der Waals surface area contributed by atoms with Crippen molar-refractivity contribution in [3.05, 3.63) is 23.8 Å². The minimum Gasteiger partial charge on any atom is -0.493 e. The second-order valence-electron chi connectivity index (χ2n) is 6.11. The summed E-state index contributed by atoms with van der Waals surface area (Å²) >= 11 is 0. The number of aryl methyl sites for hydroxylation is 1. The molecule has 1 N–H and O–H groups in total. The zero-order chi connectivity index (χ0) is 17.5. The number of likely N-dealkylation sites (tertiary alicyclic amines) is 1. The van der Waals surface area contributed by atoms with Crippen LogP contribution in [0.4, 0.5) is 0 Å². The molecule has 0 radical (unpaired) electrons. The minimum atomic E-state index is -0.825. The molecule has 1 aromatic carbocycles. The maximum atomic E-state index is 12.5. The molecular weight excluding hydrogens is 310 g/mol. The Kier molecular flexibility index (Phi) is 6.46. The number of aliphatic carboxylic acids is 1. The number of carboxylic acids is 1. The molecule has 1 heterocycles. The molecular formula is C18H25NO5. The van der Waals surface area contributed by atoms with Gasteiger partial charge in [-0.2, -0.15) is 0 Å². The number of amides is 1. The first-order valence-electron chi connectivity index (χ1n) is 8.30. The summed E-state index contributed by atoms with van der Waals surface area (Å²) in [5, 5.41) is 8.86. The van der Waals surface area contributed by atoms with Crippen molar-refractivity contribution < 1.29 is 24.2 Å². The fraction of sp³-hybridized carbons (Fsp3) is 0.556. The number of carboxylic acid groups (broad SMARTS) is 1. The van der Waals surface area contributed by atoms with Crippen molar-refractivity contribution in [1.29, 1.82) is 0 Å². The van der Waals surface area contributed by atoms with Crippen molar-refractivity contribution in [2.75, 3.05) is 20.3 Å². The molecule has 0 saturated carbocycles. The Balaban J connectivity index is 1.96. The Morgan fingerprint density at radius 2 is 2.08 bits per heavy atom. The van der Waals surface area contributed by atoms with Gasteiger partial charge in [-0.1, -0.05) is 6.07 Å². The Labute approximate surface area is 142 Å². The predicted molar refractivity (Wildman–Crippen MR) is 89.4 cm³/mol. The largest absolute Gasteiger partial charge is 0.493 e. The van der Waals surface area contributed by atoms with E-state index in [-0.39, 0.29) is 25.0 Å². The minimum absolute atomic E-state index is 0.00846. The molecule has 6 nitrogen and oxygen atoms in total. The lowest BCUT2D eigenvalue weighted by atomic mass is 9.98. The van der Waals surface area contributed by atoms with Crippen LogP contribution in [0.15, 0.2) is 18.2 Å². The molecule has 1 aliphatic rings. The van der Waals surface area contributed by atoms with E-state index < -0.39 is 5.97 Å². The summed E-state index contributed by atoms with van der Waals surface area (Å²) < 4.78 is 10.9. The zero-order valence-electron chi connectivity index (χ0n) is 14.3. The highest BCUT2D eigenvalue weighted by Crippen LogP contribution is 2.28. The molecule has 1 aromatic rings. The molecule has 0 aromatic heterocycles. The van der Waals surface area contributed by atoms with Gasteiger partial charge in [0.15, 0.2) is 18.1 Å². The summed E-state index contributed by atoms with van der Waals surface area (Å²) in [6.07, 6.45) is 3.41. The highest BCUT2D eigenvalue weighted by molar-refractivity contribution is 5.78. The van der Waals surface area contributed by atoms with Crippen molar-refractivity contribution in [3.63, 3.8) is 0 Å². The second-order valence-corrected chi connectivity index (χ2v) is 6.11. The lowest BCUT2D eigenvalue weighted by Crippen LogP contribution is -2.46. The summed E-state index contributed by atoms with van der Waals surface area (Å²) in [7, 11) is 1.57. The van der Waals surface area contributed by atoms with Gasteiger partial charge in [0.25, 0.3) is 5.91 Å². The first kappa shape index (κ1) is 18.1. The number of carbonyl (C=O) groups is 2. The first-order chi connectivity index (χ1) is 11.5. The number of piperidine rings is 1. The van der Waals surface area contributed by atoms with Gasteiger partial charge < -0.3 is 19.5 Å². The summed E-state index contributed by atoms with van der Waals surface area (Å²) in [4.78, 5) is 25.1. The first-order valence-corrected chi connectivity index (χ1v) is 8.30. The fourth-order valence-electron chi connectivity index (χ4n) is 3.04. The normalized spacial score (nSPS) is 17.4. The van der Waals surface area contributed by atoms with E-state index in [1.54, 1.807) is 18.1 Å². The lowest BCUT2D eigenvalue weighted by molar-refractivity contribution is -0.141. The number of methoxy groups -OCH3 is 1. The van der Waals surface area contributed by atoms with Crippen LogP contribution in [-0.2, 0) is 9.59 Å². The van der Waals surface area contributed by atoms with E-state index in [4.69, 9.17) is 14.6 Å². The van der Waals surface area contributed by atoms with E-state index in [1.807, 2.05) is 19.1 Å².